The van der Waals surface area contributed by atoms with Crippen molar-refractivity contribution in [1.82, 2.24) is 4.90 Å². The van der Waals surface area contributed by atoms with Gasteiger partial charge in [-0.05, 0) is 47.2 Å². The highest BCUT2D eigenvalue weighted by molar-refractivity contribution is 5.27. The van der Waals surface area contributed by atoms with Gasteiger partial charge < -0.3 is 18.9 Å². The molecule has 1 saturated heterocycles. The van der Waals surface area contributed by atoms with Crippen LogP contribution in [-0.2, 0) is 40.6 Å². The van der Waals surface area contributed by atoms with E-state index in [1.807, 2.05) is 36.4 Å². The van der Waals surface area contributed by atoms with Crippen molar-refractivity contribution in [3.05, 3.63) is 150 Å². The number of likely N-dealkylation sites (tertiary alicyclic amines) is 1. The van der Waals surface area contributed by atoms with Crippen molar-refractivity contribution in [2.75, 3.05) is 13.7 Å². The number of benzene rings is 4. The van der Waals surface area contributed by atoms with Gasteiger partial charge in [-0.3, -0.25) is 4.90 Å². The molecule has 1 aliphatic rings. The van der Waals surface area contributed by atoms with Crippen molar-refractivity contribution in [3.63, 3.8) is 0 Å². The standard InChI is InChI=1S/C38H43NO4/c1-3-4-20-35-37(42-27-32-16-10-6-11-17-32)38(43-28-33-18-12-7-13-19-33)36(29-41-26-31-14-8-5-9-15-31)39(35)25-30-21-23-34(40-2)24-22-30/h3,5-19,21-24,35-38H,1,4,20,25-29H2,2H3/t35-,36+,37+,38+/m0/s1. The normalized spacial score (nSPS) is 20.2. The lowest BCUT2D eigenvalue weighted by Crippen LogP contribution is -2.42. The van der Waals surface area contributed by atoms with Crippen LogP contribution in [-0.4, -0.2) is 42.9 Å². The topological polar surface area (TPSA) is 40.2 Å². The number of nitrogens with zero attached hydrogens (tertiary/aromatic N) is 1. The maximum atomic E-state index is 6.83. The van der Waals surface area contributed by atoms with Crippen LogP contribution in [0.15, 0.2) is 128 Å². The molecule has 1 aliphatic heterocycles. The molecule has 4 atom stereocenters. The van der Waals surface area contributed by atoms with E-state index in [2.05, 4.69) is 96.4 Å². The van der Waals surface area contributed by atoms with E-state index in [1.54, 1.807) is 7.11 Å². The molecule has 1 fully saturated rings. The average molecular weight is 578 g/mol. The minimum absolute atomic E-state index is 0.00915. The maximum absolute atomic E-state index is 6.83. The number of hydrogen-bond acceptors (Lipinski definition) is 5. The number of hydrogen-bond donors (Lipinski definition) is 0. The second-order valence-electron chi connectivity index (χ2n) is 11.0. The first kappa shape index (κ1) is 30.7. The van der Waals surface area contributed by atoms with Crippen molar-refractivity contribution in [3.8, 4) is 5.75 Å². The van der Waals surface area contributed by atoms with Crippen LogP contribution in [0.4, 0.5) is 0 Å². The molecule has 43 heavy (non-hydrogen) atoms. The van der Waals surface area contributed by atoms with E-state index in [9.17, 15) is 0 Å². The first-order chi connectivity index (χ1) is 21.2. The summed E-state index contributed by atoms with van der Waals surface area (Å²) in [4.78, 5) is 2.54. The molecule has 0 unspecified atom stereocenters. The number of methoxy groups -OCH3 is 1. The Morgan fingerprint density at radius 1 is 0.628 bits per heavy atom. The Morgan fingerprint density at radius 2 is 1.14 bits per heavy atom. The zero-order valence-corrected chi connectivity index (χ0v) is 25.1. The van der Waals surface area contributed by atoms with E-state index in [0.717, 1.165) is 41.8 Å². The molecule has 0 spiro atoms. The Balaban J connectivity index is 1.45. The first-order valence-corrected chi connectivity index (χ1v) is 15.2. The molecule has 1 heterocycles. The highest BCUT2D eigenvalue weighted by Gasteiger charge is 2.50. The van der Waals surface area contributed by atoms with Crippen LogP contribution in [0.1, 0.15) is 35.1 Å². The Kier molecular flexibility index (Phi) is 11.6. The zero-order valence-electron chi connectivity index (χ0n) is 25.1. The number of ether oxygens (including phenoxy) is 4. The molecule has 5 rings (SSSR count). The molecule has 0 bridgehead atoms. The van der Waals surface area contributed by atoms with Gasteiger partial charge >= 0.3 is 0 Å². The number of rotatable bonds is 16. The molecular weight excluding hydrogens is 534 g/mol. The summed E-state index contributed by atoms with van der Waals surface area (Å²) in [6.07, 6.45) is 3.47. The molecule has 0 amide bonds. The van der Waals surface area contributed by atoms with Crippen LogP contribution in [0.2, 0.25) is 0 Å². The summed E-state index contributed by atoms with van der Waals surface area (Å²) in [7, 11) is 1.70. The van der Waals surface area contributed by atoms with Crippen molar-refractivity contribution >= 4 is 0 Å². The molecular formula is C38H43NO4. The summed E-state index contributed by atoms with van der Waals surface area (Å²) >= 11 is 0. The van der Waals surface area contributed by atoms with Crippen molar-refractivity contribution in [2.24, 2.45) is 0 Å². The predicted octanol–water partition coefficient (Wildman–Crippen LogP) is 7.60. The summed E-state index contributed by atoms with van der Waals surface area (Å²) < 4.78 is 25.5. The lowest BCUT2D eigenvalue weighted by Gasteiger charge is -2.31. The van der Waals surface area contributed by atoms with Gasteiger partial charge in [0.15, 0.2) is 0 Å². The van der Waals surface area contributed by atoms with Gasteiger partial charge in [0.1, 0.15) is 18.0 Å². The SMILES string of the molecule is C=CCC[C@H]1[C@@H](OCc2ccccc2)[C@H](OCc2ccccc2)[C@@H](COCc2ccccc2)N1Cc1ccc(OC)cc1. The highest BCUT2D eigenvalue weighted by Crippen LogP contribution is 2.36. The quantitative estimate of drug-likeness (QED) is 0.128. The summed E-state index contributed by atoms with van der Waals surface area (Å²) in [5, 5.41) is 0. The van der Waals surface area contributed by atoms with Gasteiger partial charge in [-0.1, -0.05) is 109 Å². The number of allylic oxidation sites excluding steroid dienone is 1. The van der Waals surface area contributed by atoms with Crippen LogP contribution < -0.4 is 4.74 Å². The average Bonchev–Trinajstić information content (AvgIpc) is 3.33. The largest absolute Gasteiger partial charge is 0.497 e. The van der Waals surface area contributed by atoms with Gasteiger partial charge in [-0.15, -0.1) is 6.58 Å². The van der Waals surface area contributed by atoms with Crippen LogP contribution in [0.5, 0.6) is 5.75 Å². The van der Waals surface area contributed by atoms with Crippen molar-refractivity contribution < 1.29 is 18.9 Å². The molecule has 4 aromatic rings. The molecule has 5 nitrogen and oxygen atoms in total. The lowest BCUT2D eigenvalue weighted by molar-refractivity contribution is -0.0868. The van der Waals surface area contributed by atoms with Gasteiger partial charge in [0.05, 0.1) is 39.6 Å². The molecule has 0 saturated carbocycles. The van der Waals surface area contributed by atoms with Crippen molar-refractivity contribution in [1.29, 1.82) is 0 Å². The lowest BCUT2D eigenvalue weighted by atomic mass is 10.0. The third kappa shape index (κ3) is 8.65. The third-order valence-electron chi connectivity index (χ3n) is 8.10. The van der Waals surface area contributed by atoms with E-state index in [0.29, 0.717) is 26.4 Å². The molecule has 5 heteroatoms. The van der Waals surface area contributed by atoms with Crippen LogP contribution >= 0.6 is 0 Å². The molecule has 224 valence electrons. The van der Waals surface area contributed by atoms with Gasteiger partial charge in [0, 0.05) is 12.6 Å². The fraction of sp³-hybridized carbons (Fsp3) is 0.316. The van der Waals surface area contributed by atoms with Gasteiger partial charge in [0.25, 0.3) is 0 Å². The highest BCUT2D eigenvalue weighted by atomic mass is 16.5. The zero-order chi connectivity index (χ0) is 29.7. The maximum Gasteiger partial charge on any atom is 0.118 e. The second kappa shape index (κ2) is 16.2. The summed E-state index contributed by atoms with van der Waals surface area (Å²) in [6, 6.07) is 39.5. The monoisotopic (exact) mass is 577 g/mol. The van der Waals surface area contributed by atoms with Crippen molar-refractivity contribution in [2.45, 2.75) is 63.5 Å². The smallest absolute Gasteiger partial charge is 0.118 e. The molecule has 0 radical (unpaired) electrons. The molecule has 0 N–H and O–H groups in total. The van der Waals surface area contributed by atoms with Crippen LogP contribution in [0.25, 0.3) is 0 Å². The predicted molar refractivity (Wildman–Crippen MR) is 172 cm³/mol. The van der Waals surface area contributed by atoms with Gasteiger partial charge in [-0.25, -0.2) is 0 Å². The minimum atomic E-state index is -0.187. The second-order valence-corrected chi connectivity index (χ2v) is 11.0. The van der Waals surface area contributed by atoms with Crippen LogP contribution in [0, 0.1) is 0 Å². The van der Waals surface area contributed by atoms with E-state index in [4.69, 9.17) is 18.9 Å². The summed E-state index contributed by atoms with van der Waals surface area (Å²) in [5.41, 5.74) is 4.66. The third-order valence-corrected chi connectivity index (χ3v) is 8.10. The molecule has 0 aromatic heterocycles. The Morgan fingerprint density at radius 3 is 1.65 bits per heavy atom. The fourth-order valence-corrected chi connectivity index (χ4v) is 5.86. The van der Waals surface area contributed by atoms with E-state index < -0.39 is 0 Å². The Hall–Kier alpha value is -3.74. The fourth-order valence-electron chi connectivity index (χ4n) is 5.86. The van der Waals surface area contributed by atoms with Crippen LogP contribution in [0.3, 0.4) is 0 Å². The van der Waals surface area contributed by atoms with Gasteiger partial charge in [-0.2, -0.15) is 0 Å². The summed E-state index contributed by atoms with van der Waals surface area (Å²) in [5.74, 6) is 0.851. The Labute approximate surface area is 256 Å². The first-order valence-electron chi connectivity index (χ1n) is 15.2. The Bertz CT molecular complexity index is 1350. The van der Waals surface area contributed by atoms with E-state index in [1.165, 1.54) is 5.56 Å². The molecule has 0 aliphatic carbocycles. The van der Waals surface area contributed by atoms with E-state index in [-0.39, 0.29) is 24.3 Å². The van der Waals surface area contributed by atoms with E-state index >= 15 is 0 Å². The minimum Gasteiger partial charge on any atom is -0.497 e. The van der Waals surface area contributed by atoms with Gasteiger partial charge in [0.2, 0.25) is 0 Å². The molecule has 4 aromatic carbocycles. The summed E-state index contributed by atoms with van der Waals surface area (Å²) in [6.45, 7) is 6.90.